The summed E-state index contributed by atoms with van der Waals surface area (Å²) in [7, 11) is 0. The van der Waals surface area contributed by atoms with E-state index in [0.717, 1.165) is 22.0 Å². The third kappa shape index (κ3) is 2.04. The Bertz CT molecular complexity index is 901. The van der Waals surface area contributed by atoms with Crippen molar-refractivity contribution >= 4 is 34.2 Å². The molecule has 1 saturated heterocycles. The molecule has 2 aromatic rings. The number of nitrogens with zero attached hydrogens (tertiary/aromatic N) is 1. The number of rotatable bonds is 2. The van der Waals surface area contributed by atoms with Gasteiger partial charge in [-0.25, -0.2) is 0 Å². The van der Waals surface area contributed by atoms with Gasteiger partial charge in [-0.3, -0.25) is 24.6 Å². The highest BCUT2D eigenvalue weighted by Gasteiger charge is 2.40. The zero-order chi connectivity index (χ0) is 17.0. The molecule has 3 amide bonds. The summed E-state index contributed by atoms with van der Waals surface area (Å²) in [6.45, 7) is 4.18. The van der Waals surface area contributed by atoms with E-state index < -0.39 is 11.9 Å². The Hall–Kier alpha value is -2.69. The summed E-state index contributed by atoms with van der Waals surface area (Å²) in [6.07, 6.45) is 0.613. The minimum absolute atomic E-state index is 0.154. The van der Waals surface area contributed by atoms with Crippen molar-refractivity contribution in [3.05, 3.63) is 41.5 Å². The average molecular weight is 322 g/mol. The van der Waals surface area contributed by atoms with E-state index in [1.54, 1.807) is 4.90 Å². The van der Waals surface area contributed by atoms with E-state index in [1.807, 2.05) is 24.3 Å². The second-order valence-electron chi connectivity index (χ2n) is 6.74. The lowest BCUT2D eigenvalue weighted by Crippen LogP contribution is -2.53. The molecule has 1 unspecified atom stereocenters. The fraction of sp³-hybridized carbons (Fsp3) is 0.316. The van der Waals surface area contributed by atoms with Gasteiger partial charge >= 0.3 is 0 Å². The number of amides is 3. The van der Waals surface area contributed by atoms with Gasteiger partial charge in [0.05, 0.1) is 11.3 Å². The monoisotopic (exact) mass is 322 g/mol. The van der Waals surface area contributed by atoms with Crippen LogP contribution in [-0.4, -0.2) is 23.8 Å². The van der Waals surface area contributed by atoms with E-state index >= 15 is 0 Å². The van der Waals surface area contributed by atoms with Crippen LogP contribution in [0.4, 0.5) is 5.69 Å². The molecule has 5 heteroatoms. The number of anilines is 1. The summed E-state index contributed by atoms with van der Waals surface area (Å²) in [5.41, 5.74) is 2.52. The predicted octanol–water partition coefficient (Wildman–Crippen LogP) is 2.73. The number of benzene rings is 2. The van der Waals surface area contributed by atoms with Gasteiger partial charge in [0, 0.05) is 11.8 Å². The van der Waals surface area contributed by atoms with Crippen molar-refractivity contribution in [1.82, 2.24) is 5.32 Å². The molecular formula is C19H18N2O3. The average Bonchev–Trinajstić information content (AvgIpc) is 2.82. The number of nitrogens with one attached hydrogen (secondary N) is 1. The quantitative estimate of drug-likeness (QED) is 0.865. The van der Waals surface area contributed by atoms with E-state index in [4.69, 9.17) is 0 Å². The van der Waals surface area contributed by atoms with Crippen LogP contribution < -0.4 is 10.2 Å². The summed E-state index contributed by atoms with van der Waals surface area (Å²) in [6, 6.07) is 9.18. The molecule has 4 rings (SSSR count). The van der Waals surface area contributed by atoms with Crippen LogP contribution in [-0.2, 0) is 9.59 Å². The van der Waals surface area contributed by atoms with Crippen molar-refractivity contribution in [3.63, 3.8) is 0 Å². The SMILES string of the molecule is CC(C)c1cc2c3c(cccc3c1)N(C1CCC(=O)NC1=O)C2=O. The molecule has 0 aromatic heterocycles. The van der Waals surface area contributed by atoms with Crippen molar-refractivity contribution in [2.24, 2.45) is 0 Å². The molecule has 1 atom stereocenters. The van der Waals surface area contributed by atoms with E-state index in [9.17, 15) is 14.4 Å². The fourth-order valence-corrected chi connectivity index (χ4v) is 3.61. The van der Waals surface area contributed by atoms with Crippen LogP contribution in [0.3, 0.4) is 0 Å². The highest BCUT2D eigenvalue weighted by atomic mass is 16.2. The van der Waals surface area contributed by atoms with Gasteiger partial charge in [-0.1, -0.05) is 32.0 Å². The second-order valence-corrected chi connectivity index (χ2v) is 6.74. The zero-order valence-electron chi connectivity index (χ0n) is 13.6. The molecule has 2 aliphatic rings. The first-order valence-corrected chi connectivity index (χ1v) is 8.21. The first-order valence-electron chi connectivity index (χ1n) is 8.21. The molecule has 2 aliphatic heterocycles. The largest absolute Gasteiger partial charge is 0.295 e. The van der Waals surface area contributed by atoms with Crippen molar-refractivity contribution in [1.29, 1.82) is 0 Å². The summed E-state index contributed by atoms with van der Waals surface area (Å²) >= 11 is 0. The predicted molar refractivity (Wildman–Crippen MR) is 91.0 cm³/mol. The Labute approximate surface area is 139 Å². The Morgan fingerprint density at radius 2 is 1.96 bits per heavy atom. The van der Waals surface area contributed by atoms with Crippen LogP contribution in [0.25, 0.3) is 10.8 Å². The van der Waals surface area contributed by atoms with Gasteiger partial charge in [-0.15, -0.1) is 0 Å². The highest BCUT2D eigenvalue weighted by molar-refractivity contribution is 6.27. The van der Waals surface area contributed by atoms with Gasteiger partial charge in [0.1, 0.15) is 6.04 Å². The first kappa shape index (κ1) is 14.9. The first-order chi connectivity index (χ1) is 11.5. The minimum Gasteiger partial charge on any atom is -0.295 e. The maximum atomic E-state index is 13.0. The second kappa shape index (κ2) is 5.16. The molecule has 2 heterocycles. The summed E-state index contributed by atoms with van der Waals surface area (Å²) in [5, 5.41) is 4.25. The molecule has 0 spiro atoms. The maximum absolute atomic E-state index is 13.0. The van der Waals surface area contributed by atoms with Gasteiger partial charge in [0.15, 0.2) is 0 Å². The molecule has 1 fully saturated rings. The van der Waals surface area contributed by atoms with Crippen LogP contribution >= 0.6 is 0 Å². The van der Waals surface area contributed by atoms with Gasteiger partial charge in [-0.05, 0) is 35.4 Å². The van der Waals surface area contributed by atoms with Gasteiger partial charge in [0.2, 0.25) is 11.8 Å². The van der Waals surface area contributed by atoms with Crippen molar-refractivity contribution in [3.8, 4) is 0 Å². The van der Waals surface area contributed by atoms with Crippen molar-refractivity contribution in [2.45, 2.75) is 38.6 Å². The minimum atomic E-state index is -0.629. The lowest BCUT2D eigenvalue weighted by molar-refractivity contribution is -0.134. The molecule has 24 heavy (non-hydrogen) atoms. The van der Waals surface area contributed by atoms with Crippen molar-refractivity contribution in [2.75, 3.05) is 4.90 Å². The Morgan fingerprint density at radius 3 is 2.67 bits per heavy atom. The van der Waals surface area contributed by atoms with Gasteiger partial charge in [-0.2, -0.15) is 0 Å². The number of carbonyl (C=O) groups is 3. The highest BCUT2D eigenvalue weighted by Crippen LogP contribution is 2.41. The summed E-state index contributed by atoms with van der Waals surface area (Å²) in [5.74, 6) is -0.515. The van der Waals surface area contributed by atoms with Crippen LogP contribution in [0.15, 0.2) is 30.3 Å². The number of hydrogen-bond donors (Lipinski definition) is 1. The van der Waals surface area contributed by atoms with Crippen LogP contribution in [0, 0.1) is 0 Å². The Kier molecular flexibility index (Phi) is 3.20. The molecule has 0 aliphatic carbocycles. The molecule has 122 valence electrons. The van der Waals surface area contributed by atoms with E-state index in [1.165, 1.54) is 0 Å². The normalized spacial score (nSPS) is 20.2. The molecule has 5 nitrogen and oxygen atoms in total. The summed E-state index contributed by atoms with van der Waals surface area (Å²) < 4.78 is 0. The Balaban J connectivity index is 1.86. The van der Waals surface area contributed by atoms with Crippen LogP contribution in [0.1, 0.15) is 48.5 Å². The standard InChI is InChI=1S/C19H18N2O3/c1-10(2)12-8-11-4-3-5-14-17(11)13(9-12)19(24)21(14)15-6-7-16(22)20-18(15)23/h3-5,8-10,15H,6-7H2,1-2H3,(H,20,22,23). The van der Waals surface area contributed by atoms with E-state index in [0.29, 0.717) is 17.9 Å². The molecule has 0 saturated carbocycles. The molecule has 1 N–H and O–H groups in total. The molecule has 0 bridgehead atoms. The third-order valence-electron chi connectivity index (χ3n) is 4.87. The van der Waals surface area contributed by atoms with Gasteiger partial charge in [0.25, 0.3) is 5.91 Å². The number of piperidine rings is 1. The topological polar surface area (TPSA) is 66.5 Å². The Morgan fingerprint density at radius 1 is 1.17 bits per heavy atom. The van der Waals surface area contributed by atoms with Crippen molar-refractivity contribution < 1.29 is 14.4 Å². The molecule has 2 aromatic carbocycles. The number of hydrogen-bond acceptors (Lipinski definition) is 3. The van der Waals surface area contributed by atoms with Crippen LogP contribution in [0.5, 0.6) is 0 Å². The van der Waals surface area contributed by atoms with Crippen LogP contribution in [0.2, 0.25) is 0 Å². The third-order valence-corrected chi connectivity index (χ3v) is 4.87. The van der Waals surface area contributed by atoms with E-state index in [2.05, 4.69) is 25.2 Å². The van der Waals surface area contributed by atoms with E-state index in [-0.39, 0.29) is 18.2 Å². The lowest BCUT2D eigenvalue weighted by Gasteiger charge is -2.30. The maximum Gasteiger partial charge on any atom is 0.259 e. The smallest absolute Gasteiger partial charge is 0.259 e. The molecular weight excluding hydrogens is 304 g/mol. The lowest BCUT2D eigenvalue weighted by atomic mass is 9.96. The zero-order valence-corrected chi connectivity index (χ0v) is 13.6. The fourth-order valence-electron chi connectivity index (χ4n) is 3.61. The number of imide groups is 1. The summed E-state index contributed by atoms with van der Waals surface area (Å²) in [4.78, 5) is 38.3. The molecule has 0 radical (unpaired) electrons. The number of carbonyl (C=O) groups excluding carboxylic acids is 3. The van der Waals surface area contributed by atoms with Gasteiger partial charge < -0.3 is 0 Å².